The van der Waals surface area contributed by atoms with E-state index < -0.39 is 16.3 Å². The molecule has 4 nitrogen and oxygen atoms in total. The number of fused-ring (bicyclic) bond motifs is 1. The fraction of sp³-hybridized carbons (Fsp3) is 0.0526. The van der Waals surface area contributed by atoms with E-state index in [1.54, 1.807) is 42.5 Å². The Kier molecular flexibility index (Phi) is 5.14. The molecule has 0 unspecified atom stereocenters. The van der Waals surface area contributed by atoms with E-state index in [4.69, 9.17) is 51.1 Å². The lowest BCUT2D eigenvalue weighted by Crippen LogP contribution is -2.34. The number of hydrogen-bond acceptors (Lipinski definition) is 3. The lowest BCUT2D eigenvalue weighted by Gasteiger charge is -2.25. The molecule has 0 saturated carbocycles. The van der Waals surface area contributed by atoms with Crippen LogP contribution in [0.1, 0.15) is 11.8 Å². The Morgan fingerprint density at radius 2 is 1.54 bits per heavy atom. The smallest absolute Gasteiger partial charge is 0.269 e. The van der Waals surface area contributed by atoms with Gasteiger partial charge in [0.15, 0.2) is 0 Å². The van der Waals surface area contributed by atoms with E-state index in [9.17, 15) is 8.42 Å². The Bertz CT molecular complexity index is 1180. The molecule has 0 fully saturated rings. The molecule has 0 bridgehead atoms. The number of hydrogen-bond donors (Lipinski definition) is 0. The van der Waals surface area contributed by atoms with Gasteiger partial charge >= 0.3 is 0 Å². The number of sulfonamides is 1. The third-order valence-electron chi connectivity index (χ3n) is 4.21. The lowest BCUT2D eigenvalue weighted by molar-refractivity contribution is 0.245. The van der Waals surface area contributed by atoms with E-state index >= 15 is 0 Å². The maximum absolute atomic E-state index is 13.5. The van der Waals surface area contributed by atoms with Crippen molar-refractivity contribution in [3.05, 3.63) is 86.3 Å². The summed E-state index contributed by atoms with van der Waals surface area (Å²) < 4.78 is 34.2. The molecule has 9 heteroatoms. The summed E-state index contributed by atoms with van der Waals surface area (Å²) in [6, 6.07) is 15.9. The Balaban J connectivity index is 1.91. The molecular formula is C19H11Cl4NO3S. The van der Waals surface area contributed by atoms with E-state index in [0.29, 0.717) is 22.0 Å². The van der Waals surface area contributed by atoms with Crippen molar-refractivity contribution >= 4 is 62.1 Å². The number of para-hydroxylation sites is 2. The summed E-state index contributed by atoms with van der Waals surface area (Å²) in [6.07, 6.45) is -0.979. The van der Waals surface area contributed by atoms with E-state index in [1.165, 1.54) is 22.5 Å². The van der Waals surface area contributed by atoms with Crippen molar-refractivity contribution in [1.29, 1.82) is 0 Å². The lowest BCUT2D eigenvalue weighted by atomic mass is 10.2. The van der Waals surface area contributed by atoms with Gasteiger partial charge in [-0.25, -0.2) is 12.7 Å². The zero-order valence-corrected chi connectivity index (χ0v) is 17.8. The van der Waals surface area contributed by atoms with Crippen LogP contribution in [-0.4, -0.2) is 8.42 Å². The number of rotatable bonds is 3. The molecule has 28 heavy (non-hydrogen) atoms. The number of halogens is 4. The van der Waals surface area contributed by atoms with Crippen LogP contribution in [0.15, 0.2) is 65.6 Å². The van der Waals surface area contributed by atoms with Crippen LogP contribution in [0.5, 0.6) is 5.75 Å². The molecular weight excluding hydrogens is 464 g/mol. The zero-order chi connectivity index (χ0) is 20.1. The van der Waals surface area contributed by atoms with Crippen LogP contribution < -0.4 is 9.04 Å². The highest BCUT2D eigenvalue weighted by Crippen LogP contribution is 2.47. The van der Waals surface area contributed by atoms with Crippen molar-refractivity contribution in [2.24, 2.45) is 0 Å². The van der Waals surface area contributed by atoms with Gasteiger partial charge in [0.05, 0.1) is 20.8 Å². The van der Waals surface area contributed by atoms with Crippen molar-refractivity contribution in [1.82, 2.24) is 0 Å². The minimum atomic E-state index is -4.11. The first-order valence-electron chi connectivity index (χ1n) is 7.99. The standard InChI is InChI=1S/C19H11Cl4NO3S/c20-12-6-8-14(22)18(10-12)28(25,26)24-16-3-1-2-4-17(16)27-19(24)11-5-7-13(21)15(23)9-11/h1-10,19H/t19-/m0/s1. The third-order valence-corrected chi connectivity index (χ3v) is 7.43. The van der Waals surface area contributed by atoms with Crippen LogP contribution in [0.3, 0.4) is 0 Å². The summed E-state index contributed by atoms with van der Waals surface area (Å²) in [5.74, 6) is 0.417. The van der Waals surface area contributed by atoms with E-state index in [1.807, 2.05) is 0 Å². The summed E-state index contributed by atoms with van der Waals surface area (Å²) in [7, 11) is -4.11. The second kappa shape index (κ2) is 7.32. The largest absolute Gasteiger partial charge is 0.463 e. The van der Waals surface area contributed by atoms with Crippen LogP contribution >= 0.6 is 46.4 Å². The molecule has 0 N–H and O–H groups in total. The first-order valence-corrected chi connectivity index (χ1v) is 10.9. The van der Waals surface area contributed by atoms with Gasteiger partial charge in [-0.2, -0.15) is 0 Å². The average Bonchev–Trinajstić information content (AvgIpc) is 3.06. The predicted octanol–water partition coefficient (Wildman–Crippen LogP) is 6.59. The van der Waals surface area contributed by atoms with Gasteiger partial charge in [0.1, 0.15) is 10.6 Å². The van der Waals surface area contributed by atoms with Crippen molar-refractivity contribution in [3.63, 3.8) is 0 Å². The van der Waals surface area contributed by atoms with Crippen molar-refractivity contribution in [2.75, 3.05) is 4.31 Å². The summed E-state index contributed by atoms with van der Waals surface area (Å²) in [6.45, 7) is 0. The highest BCUT2D eigenvalue weighted by atomic mass is 35.5. The van der Waals surface area contributed by atoms with Crippen molar-refractivity contribution < 1.29 is 13.2 Å². The number of nitrogens with zero attached hydrogens (tertiary/aromatic N) is 1. The second-order valence-electron chi connectivity index (χ2n) is 5.99. The van der Waals surface area contributed by atoms with Gasteiger partial charge < -0.3 is 4.74 Å². The van der Waals surface area contributed by atoms with Gasteiger partial charge in [-0.1, -0.05) is 64.6 Å². The molecule has 0 spiro atoms. The van der Waals surface area contributed by atoms with Crippen LogP contribution in [0, 0.1) is 0 Å². The molecule has 3 aromatic rings. The van der Waals surface area contributed by atoms with Gasteiger partial charge in [0.2, 0.25) is 6.23 Å². The first kappa shape index (κ1) is 19.7. The third kappa shape index (κ3) is 3.31. The average molecular weight is 475 g/mol. The summed E-state index contributed by atoms with van der Waals surface area (Å²) in [5, 5.41) is 0.953. The van der Waals surface area contributed by atoms with E-state index in [0.717, 1.165) is 0 Å². The van der Waals surface area contributed by atoms with Crippen LogP contribution in [0.25, 0.3) is 0 Å². The number of ether oxygens (including phenoxy) is 1. The summed E-state index contributed by atoms with van der Waals surface area (Å²) in [4.78, 5) is -0.118. The molecule has 0 amide bonds. The SMILES string of the molecule is O=S(=O)(c1cc(Cl)ccc1Cl)N1c2ccccc2O[C@H]1c1ccc(Cl)c(Cl)c1. The Morgan fingerprint density at radius 1 is 0.821 bits per heavy atom. The Hall–Kier alpha value is -1.63. The minimum Gasteiger partial charge on any atom is -0.463 e. The second-order valence-corrected chi connectivity index (χ2v) is 9.43. The fourth-order valence-electron chi connectivity index (χ4n) is 2.94. The van der Waals surface area contributed by atoms with Gasteiger partial charge in [0, 0.05) is 10.6 Å². The Labute approximate surface area is 182 Å². The predicted molar refractivity (Wildman–Crippen MR) is 112 cm³/mol. The highest BCUT2D eigenvalue weighted by molar-refractivity contribution is 7.93. The molecule has 1 aliphatic rings. The molecule has 144 valence electrons. The molecule has 1 heterocycles. The molecule has 0 saturated heterocycles. The van der Waals surface area contributed by atoms with Crippen molar-refractivity contribution in [2.45, 2.75) is 11.1 Å². The topological polar surface area (TPSA) is 46.6 Å². The quantitative estimate of drug-likeness (QED) is 0.430. The molecule has 1 atom stereocenters. The zero-order valence-electron chi connectivity index (χ0n) is 13.9. The normalized spacial score (nSPS) is 16.0. The number of anilines is 1. The fourth-order valence-corrected chi connectivity index (χ4v) is 5.52. The van der Waals surface area contributed by atoms with Crippen LogP contribution in [0.4, 0.5) is 5.69 Å². The van der Waals surface area contributed by atoms with Crippen molar-refractivity contribution in [3.8, 4) is 5.75 Å². The summed E-state index contributed by atoms with van der Waals surface area (Å²) >= 11 is 24.3. The molecule has 1 aliphatic heterocycles. The van der Waals surface area contributed by atoms with E-state index in [-0.39, 0.29) is 20.0 Å². The highest BCUT2D eigenvalue weighted by Gasteiger charge is 2.42. The van der Waals surface area contributed by atoms with Gasteiger partial charge in [0.25, 0.3) is 10.0 Å². The van der Waals surface area contributed by atoms with Gasteiger partial charge in [-0.3, -0.25) is 0 Å². The maximum atomic E-state index is 13.5. The first-order chi connectivity index (χ1) is 13.3. The molecule has 0 aromatic heterocycles. The van der Waals surface area contributed by atoms with E-state index in [2.05, 4.69) is 0 Å². The molecule has 0 aliphatic carbocycles. The maximum Gasteiger partial charge on any atom is 0.269 e. The minimum absolute atomic E-state index is 0.0571. The molecule has 3 aromatic carbocycles. The molecule has 0 radical (unpaired) electrons. The van der Waals surface area contributed by atoms with Crippen LogP contribution in [0.2, 0.25) is 20.1 Å². The number of benzene rings is 3. The Morgan fingerprint density at radius 3 is 2.29 bits per heavy atom. The molecule has 4 rings (SSSR count). The van der Waals surface area contributed by atoms with Gasteiger partial charge in [-0.05, 0) is 42.5 Å². The van der Waals surface area contributed by atoms with Crippen LogP contribution in [-0.2, 0) is 10.0 Å². The van der Waals surface area contributed by atoms with Gasteiger partial charge in [-0.15, -0.1) is 0 Å². The summed E-state index contributed by atoms with van der Waals surface area (Å²) in [5.41, 5.74) is 0.905. The monoisotopic (exact) mass is 473 g/mol.